The number of carbonyl (C=O) groups is 1. The predicted octanol–water partition coefficient (Wildman–Crippen LogP) is 3.71. The topological polar surface area (TPSA) is 52.7 Å². The van der Waals surface area contributed by atoms with Crippen LogP contribution in [0.5, 0.6) is 0 Å². The van der Waals surface area contributed by atoms with Gasteiger partial charge in [-0.25, -0.2) is 4.68 Å². The van der Waals surface area contributed by atoms with Crippen molar-refractivity contribution in [3.8, 4) is 0 Å². The predicted molar refractivity (Wildman–Crippen MR) is 85.9 cm³/mol. The summed E-state index contributed by atoms with van der Waals surface area (Å²) in [7, 11) is 0. The number of carbonyl (C=O) groups excluding carboxylic acids is 1. The average molecular weight is 374 g/mol. The summed E-state index contributed by atoms with van der Waals surface area (Å²) in [5, 5.41) is 9.30. The van der Waals surface area contributed by atoms with E-state index in [0.717, 1.165) is 27.2 Å². The number of hydrogen-bond donors (Lipinski definition) is 0. The molecule has 5 nitrogen and oxygen atoms in total. The largest absolute Gasteiger partial charge is 0.272 e. The Morgan fingerprint density at radius 3 is 2.24 bits per heavy atom. The third-order valence-corrected chi connectivity index (χ3v) is 5.27. The molecule has 114 valence electrons. The molecule has 0 saturated heterocycles. The molecule has 0 bridgehead atoms. The molecule has 2 aromatic heterocycles. The Morgan fingerprint density at radius 2 is 1.81 bits per heavy atom. The summed E-state index contributed by atoms with van der Waals surface area (Å²) in [5.74, 6) is -0.297. The van der Waals surface area contributed by atoms with E-state index in [1.54, 1.807) is 4.68 Å². The number of rotatable bonds is 3. The smallest absolute Gasteiger partial charge is 0.251 e. The molecule has 0 unspecified atom stereocenters. The second-order valence-electron chi connectivity index (χ2n) is 5.30. The van der Waals surface area contributed by atoms with E-state index in [1.165, 1.54) is 4.68 Å². The van der Waals surface area contributed by atoms with Gasteiger partial charge in [0.25, 0.3) is 5.91 Å². The van der Waals surface area contributed by atoms with Crippen LogP contribution in [-0.4, -0.2) is 25.5 Å². The summed E-state index contributed by atoms with van der Waals surface area (Å²) >= 11 is 9.57. The zero-order valence-electron chi connectivity index (χ0n) is 12.7. The Morgan fingerprint density at radius 1 is 1.19 bits per heavy atom. The van der Waals surface area contributed by atoms with Gasteiger partial charge in [-0.1, -0.05) is 18.5 Å². The van der Waals surface area contributed by atoms with Crippen LogP contribution < -0.4 is 0 Å². The maximum Gasteiger partial charge on any atom is 0.251 e. The molecule has 2 aromatic rings. The zero-order chi connectivity index (χ0) is 15.9. The fourth-order valence-corrected chi connectivity index (χ4v) is 2.62. The minimum absolute atomic E-state index is 0.0509. The van der Waals surface area contributed by atoms with E-state index < -0.39 is 0 Å². The van der Waals surface area contributed by atoms with Gasteiger partial charge in [-0.2, -0.15) is 10.2 Å². The summed E-state index contributed by atoms with van der Waals surface area (Å²) < 4.78 is 4.11. The Bertz CT molecular complexity index is 704. The van der Waals surface area contributed by atoms with E-state index >= 15 is 0 Å². The van der Waals surface area contributed by atoms with Crippen molar-refractivity contribution in [2.75, 3.05) is 0 Å². The van der Waals surface area contributed by atoms with Gasteiger partial charge in [-0.05, 0) is 43.6 Å². The van der Waals surface area contributed by atoms with Crippen molar-refractivity contribution >= 4 is 33.4 Å². The highest BCUT2D eigenvalue weighted by Gasteiger charge is 2.22. The van der Waals surface area contributed by atoms with Gasteiger partial charge in [0, 0.05) is 0 Å². The summed E-state index contributed by atoms with van der Waals surface area (Å²) in [6.07, 6.45) is 0. The maximum atomic E-state index is 12.5. The molecule has 0 aliphatic rings. The van der Waals surface area contributed by atoms with Gasteiger partial charge in [0.2, 0.25) is 0 Å². The van der Waals surface area contributed by atoms with Gasteiger partial charge < -0.3 is 0 Å². The number of halogens is 2. The molecule has 0 aromatic carbocycles. The Hall–Kier alpha value is -1.14. The molecule has 1 atom stereocenters. The van der Waals surface area contributed by atoms with E-state index in [-0.39, 0.29) is 11.8 Å². The molecule has 2 heterocycles. The number of aromatic nitrogens is 4. The van der Waals surface area contributed by atoms with Gasteiger partial charge >= 0.3 is 0 Å². The summed E-state index contributed by atoms with van der Waals surface area (Å²) in [6, 6.07) is 0. The number of hydrogen-bond acceptors (Lipinski definition) is 3. The normalized spacial score (nSPS) is 12.7. The molecule has 0 radical (unpaired) electrons. The summed E-state index contributed by atoms with van der Waals surface area (Å²) in [4.78, 5) is 12.5. The molecule has 0 aliphatic carbocycles. The lowest BCUT2D eigenvalue weighted by molar-refractivity contribution is 0.0809. The highest BCUT2D eigenvalue weighted by atomic mass is 79.9. The van der Waals surface area contributed by atoms with Crippen molar-refractivity contribution in [1.29, 1.82) is 0 Å². The van der Waals surface area contributed by atoms with Gasteiger partial charge in [0.05, 0.1) is 44.7 Å². The van der Waals surface area contributed by atoms with Crippen molar-refractivity contribution in [3.63, 3.8) is 0 Å². The molecule has 21 heavy (non-hydrogen) atoms. The van der Waals surface area contributed by atoms with Crippen LogP contribution in [0, 0.1) is 33.6 Å². The van der Waals surface area contributed by atoms with Crippen molar-refractivity contribution in [2.45, 2.75) is 41.2 Å². The molecule has 2 rings (SSSR count). The van der Waals surface area contributed by atoms with Crippen LogP contribution in [0.3, 0.4) is 0 Å². The summed E-state index contributed by atoms with van der Waals surface area (Å²) in [5.41, 5.74) is 3.28. The maximum absolute atomic E-state index is 12.5. The molecule has 0 amide bonds. The first-order chi connectivity index (χ1) is 9.73. The average Bonchev–Trinajstić information content (AvgIpc) is 2.83. The highest BCUT2D eigenvalue weighted by molar-refractivity contribution is 9.10. The third-order valence-electron chi connectivity index (χ3n) is 3.57. The number of aryl methyl sites for hydroxylation is 2. The van der Waals surface area contributed by atoms with Crippen molar-refractivity contribution < 1.29 is 4.79 Å². The molecular weight excluding hydrogens is 356 g/mol. The van der Waals surface area contributed by atoms with E-state index in [2.05, 4.69) is 26.1 Å². The lowest BCUT2D eigenvalue weighted by Gasteiger charge is -2.13. The first-order valence-electron chi connectivity index (χ1n) is 6.69. The standard InChI is InChI=1S/C14H18BrClN4O/c1-7(6-19-11(5)13(16)9(3)17-19)14(21)20-10(4)12(15)8(2)18-20/h7H,6H2,1-5H3/t7-/m1/s1. The quantitative estimate of drug-likeness (QED) is 0.824. The van der Waals surface area contributed by atoms with Crippen LogP contribution in [0.1, 0.15) is 34.5 Å². The Kier molecular flexibility index (Phi) is 4.58. The van der Waals surface area contributed by atoms with Gasteiger partial charge in [0.15, 0.2) is 0 Å². The van der Waals surface area contributed by atoms with E-state index in [1.807, 2.05) is 34.6 Å². The fourth-order valence-electron chi connectivity index (χ4n) is 2.24. The third kappa shape index (κ3) is 2.92. The van der Waals surface area contributed by atoms with Crippen LogP contribution >= 0.6 is 27.5 Å². The lowest BCUT2D eigenvalue weighted by atomic mass is 10.1. The van der Waals surface area contributed by atoms with Gasteiger partial charge in [-0.3, -0.25) is 9.48 Å². The second-order valence-corrected chi connectivity index (χ2v) is 6.47. The lowest BCUT2D eigenvalue weighted by Crippen LogP contribution is -2.26. The van der Waals surface area contributed by atoms with Crippen molar-refractivity contribution in [1.82, 2.24) is 19.6 Å². The SMILES string of the molecule is Cc1nn(C[C@@H](C)C(=O)n2nc(C)c(Br)c2C)c(C)c1Cl. The minimum Gasteiger partial charge on any atom is -0.272 e. The van der Waals surface area contributed by atoms with Crippen LogP contribution in [0.2, 0.25) is 5.02 Å². The molecule has 0 N–H and O–H groups in total. The van der Waals surface area contributed by atoms with Crippen LogP contribution in [-0.2, 0) is 6.54 Å². The Labute approximate surface area is 137 Å². The van der Waals surface area contributed by atoms with Crippen molar-refractivity contribution in [2.24, 2.45) is 5.92 Å². The molecule has 7 heteroatoms. The van der Waals surface area contributed by atoms with Crippen molar-refractivity contribution in [3.05, 3.63) is 32.3 Å². The van der Waals surface area contributed by atoms with E-state index in [4.69, 9.17) is 11.6 Å². The monoisotopic (exact) mass is 372 g/mol. The summed E-state index contributed by atoms with van der Waals surface area (Å²) in [6.45, 7) is 9.85. The molecule has 0 saturated carbocycles. The zero-order valence-corrected chi connectivity index (χ0v) is 15.1. The van der Waals surface area contributed by atoms with E-state index in [9.17, 15) is 4.79 Å². The number of nitrogens with zero attached hydrogens (tertiary/aromatic N) is 4. The first-order valence-corrected chi connectivity index (χ1v) is 7.86. The molecule has 0 aliphatic heterocycles. The van der Waals surface area contributed by atoms with E-state index in [0.29, 0.717) is 11.6 Å². The minimum atomic E-state index is -0.246. The fraction of sp³-hybridized carbons (Fsp3) is 0.500. The van der Waals surface area contributed by atoms with Gasteiger partial charge in [0.1, 0.15) is 0 Å². The van der Waals surface area contributed by atoms with Crippen LogP contribution in [0.15, 0.2) is 4.47 Å². The highest BCUT2D eigenvalue weighted by Crippen LogP contribution is 2.22. The van der Waals surface area contributed by atoms with Crippen LogP contribution in [0.4, 0.5) is 0 Å². The molecule has 0 spiro atoms. The Balaban J connectivity index is 2.23. The van der Waals surface area contributed by atoms with Crippen LogP contribution in [0.25, 0.3) is 0 Å². The second kappa shape index (κ2) is 5.93. The van der Waals surface area contributed by atoms with Gasteiger partial charge in [-0.15, -0.1) is 0 Å². The molecular formula is C14H18BrClN4O. The first kappa shape index (κ1) is 16.2. The molecule has 0 fully saturated rings.